The molecule has 0 aliphatic heterocycles. The summed E-state index contributed by atoms with van der Waals surface area (Å²) in [6, 6.07) is 7.44. The highest BCUT2D eigenvalue weighted by Gasteiger charge is 2.14. The van der Waals surface area contributed by atoms with Crippen LogP contribution in [0.2, 0.25) is 0 Å². The SMILES string of the molecule is COc1ccsc1C(=O)Nc1cc(C)cc(C#CCN)c1. The number of nitrogens with one attached hydrogen (secondary N) is 1. The molecule has 1 aromatic heterocycles. The van der Waals surface area contributed by atoms with Gasteiger partial charge in [0.2, 0.25) is 0 Å². The van der Waals surface area contributed by atoms with Gasteiger partial charge in [-0.2, -0.15) is 0 Å². The summed E-state index contributed by atoms with van der Waals surface area (Å²) >= 11 is 1.34. The van der Waals surface area contributed by atoms with Gasteiger partial charge in [0.25, 0.3) is 5.91 Å². The number of amides is 1. The number of hydrogen-bond acceptors (Lipinski definition) is 4. The number of methoxy groups -OCH3 is 1. The van der Waals surface area contributed by atoms with Crippen LogP contribution in [0.15, 0.2) is 29.6 Å². The number of carbonyl (C=O) groups excluding carboxylic acids is 1. The number of aryl methyl sites for hydroxylation is 1. The smallest absolute Gasteiger partial charge is 0.269 e. The fourth-order valence-electron chi connectivity index (χ4n) is 1.89. The summed E-state index contributed by atoms with van der Waals surface area (Å²) in [6.45, 7) is 2.26. The normalized spacial score (nSPS) is 9.67. The highest BCUT2D eigenvalue weighted by Crippen LogP contribution is 2.25. The molecule has 5 heteroatoms. The molecule has 21 heavy (non-hydrogen) atoms. The molecule has 0 saturated heterocycles. The number of thiophene rings is 1. The molecule has 0 aliphatic carbocycles. The second kappa shape index (κ2) is 6.93. The highest BCUT2D eigenvalue weighted by atomic mass is 32.1. The summed E-state index contributed by atoms with van der Waals surface area (Å²) in [7, 11) is 1.55. The maximum atomic E-state index is 12.3. The van der Waals surface area contributed by atoms with Crippen molar-refractivity contribution in [2.24, 2.45) is 5.73 Å². The summed E-state index contributed by atoms with van der Waals surface area (Å²) in [5.41, 5.74) is 7.93. The van der Waals surface area contributed by atoms with Crippen LogP contribution in [-0.2, 0) is 0 Å². The summed E-state index contributed by atoms with van der Waals surface area (Å²) in [5, 5.41) is 4.69. The van der Waals surface area contributed by atoms with Gasteiger partial charge in [-0.05, 0) is 42.1 Å². The van der Waals surface area contributed by atoms with Gasteiger partial charge in [0.05, 0.1) is 13.7 Å². The lowest BCUT2D eigenvalue weighted by atomic mass is 10.1. The third kappa shape index (κ3) is 3.85. The minimum Gasteiger partial charge on any atom is -0.495 e. The van der Waals surface area contributed by atoms with E-state index >= 15 is 0 Å². The number of ether oxygens (including phenoxy) is 1. The van der Waals surface area contributed by atoms with Crippen molar-refractivity contribution in [3.63, 3.8) is 0 Å². The van der Waals surface area contributed by atoms with Crippen molar-refractivity contribution in [2.45, 2.75) is 6.92 Å². The van der Waals surface area contributed by atoms with Crippen LogP contribution in [-0.4, -0.2) is 19.6 Å². The van der Waals surface area contributed by atoms with Crippen molar-refractivity contribution in [1.29, 1.82) is 0 Å². The Bertz CT molecular complexity index is 711. The van der Waals surface area contributed by atoms with E-state index < -0.39 is 0 Å². The molecule has 0 unspecified atom stereocenters. The molecule has 2 aromatic rings. The first-order valence-electron chi connectivity index (χ1n) is 6.37. The van der Waals surface area contributed by atoms with Crippen molar-refractivity contribution in [3.8, 4) is 17.6 Å². The number of rotatable bonds is 3. The van der Waals surface area contributed by atoms with E-state index in [1.54, 1.807) is 13.2 Å². The maximum absolute atomic E-state index is 12.3. The van der Waals surface area contributed by atoms with Gasteiger partial charge < -0.3 is 15.8 Å². The van der Waals surface area contributed by atoms with Gasteiger partial charge >= 0.3 is 0 Å². The molecule has 3 N–H and O–H groups in total. The van der Waals surface area contributed by atoms with Crippen LogP contribution in [0.25, 0.3) is 0 Å². The second-order valence-corrected chi connectivity index (χ2v) is 5.28. The van der Waals surface area contributed by atoms with E-state index in [9.17, 15) is 4.79 Å². The molecule has 1 aromatic carbocycles. The Hall–Kier alpha value is -2.29. The fraction of sp³-hybridized carbons (Fsp3) is 0.188. The number of benzene rings is 1. The Kier molecular flexibility index (Phi) is 4.99. The molecule has 1 amide bonds. The minimum atomic E-state index is -0.190. The van der Waals surface area contributed by atoms with Gasteiger partial charge in [-0.15, -0.1) is 11.3 Å². The maximum Gasteiger partial charge on any atom is 0.269 e. The summed E-state index contributed by atoms with van der Waals surface area (Å²) < 4.78 is 5.16. The predicted octanol–water partition coefficient (Wildman–Crippen LogP) is 2.63. The minimum absolute atomic E-state index is 0.190. The molecular weight excluding hydrogens is 284 g/mol. The van der Waals surface area contributed by atoms with E-state index in [4.69, 9.17) is 10.5 Å². The van der Waals surface area contributed by atoms with E-state index in [-0.39, 0.29) is 5.91 Å². The lowest BCUT2D eigenvalue weighted by molar-refractivity contribution is 0.102. The third-order valence-corrected chi connectivity index (χ3v) is 3.62. The van der Waals surface area contributed by atoms with Crippen LogP contribution in [0, 0.1) is 18.8 Å². The molecule has 0 aliphatic rings. The van der Waals surface area contributed by atoms with Crippen molar-refractivity contribution >= 4 is 22.9 Å². The van der Waals surface area contributed by atoms with E-state index in [1.807, 2.05) is 30.5 Å². The first-order valence-corrected chi connectivity index (χ1v) is 7.25. The summed E-state index contributed by atoms with van der Waals surface area (Å²) in [6.07, 6.45) is 0. The van der Waals surface area contributed by atoms with Crippen LogP contribution in [0.3, 0.4) is 0 Å². The molecule has 108 valence electrons. The molecule has 0 saturated carbocycles. The van der Waals surface area contributed by atoms with Crippen molar-refractivity contribution < 1.29 is 9.53 Å². The zero-order valence-electron chi connectivity index (χ0n) is 11.9. The van der Waals surface area contributed by atoms with Crippen molar-refractivity contribution in [2.75, 3.05) is 19.0 Å². The summed E-state index contributed by atoms with van der Waals surface area (Å²) in [5.74, 6) is 6.16. The molecule has 2 rings (SSSR count). The molecule has 0 radical (unpaired) electrons. The van der Waals surface area contributed by atoms with E-state index in [0.29, 0.717) is 22.9 Å². The lowest BCUT2D eigenvalue weighted by Gasteiger charge is -2.07. The van der Waals surface area contributed by atoms with Crippen LogP contribution in [0.1, 0.15) is 20.8 Å². The lowest BCUT2D eigenvalue weighted by Crippen LogP contribution is -2.11. The van der Waals surface area contributed by atoms with Gasteiger partial charge in [0.1, 0.15) is 10.6 Å². The van der Waals surface area contributed by atoms with Crippen LogP contribution < -0.4 is 15.8 Å². The molecule has 0 spiro atoms. The average Bonchev–Trinajstić information content (AvgIpc) is 2.93. The fourth-order valence-corrected chi connectivity index (χ4v) is 2.65. The largest absolute Gasteiger partial charge is 0.495 e. The molecule has 0 atom stereocenters. The Morgan fingerprint density at radius 3 is 2.95 bits per heavy atom. The molecule has 1 heterocycles. The molecule has 0 fully saturated rings. The van der Waals surface area contributed by atoms with Crippen LogP contribution in [0.5, 0.6) is 5.75 Å². The molecular formula is C16H16N2O2S. The van der Waals surface area contributed by atoms with Gasteiger partial charge in [-0.3, -0.25) is 4.79 Å². The monoisotopic (exact) mass is 300 g/mol. The van der Waals surface area contributed by atoms with E-state index in [2.05, 4.69) is 17.2 Å². The van der Waals surface area contributed by atoms with Crippen LogP contribution in [0.4, 0.5) is 5.69 Å². The standard InChI is InChI=1S/C16H16N2O2S/c1-11-8-12(4-3-6-17)10-13(9-11)18-16(19)15-14(20-2)5-7-21-15/h5,7-10H,6,17H2,1-2H3,(H,18,19). The van der Waals surface area contributed by atoms with Gasteiger partial charge in [-0.25, -0.2) is 0 Å². The Balaban J connectivity index is 2.23. The zero-order valence-corrected chi connectivity index (χ0v) is 12.7. The molecule has 4 nitrogen and oxygen atoms in total. The number of anilines is 1. The Labute approximate surface area is 127 Å². The van der Waals surface area contributed by atoms with Gasteiger partial charge in [0, 0.05) is 11.3 Å². The number of hydrogen-bond donors (Lipinski definition) is 2. The predicted molar refractivity (Wildman–Crippen MR) is 85.9 cm³/mol. The first kappa shape index (κ1) is 15.1. The van der Waals surface area contributed by atoms with Gasteiger partial charge in [-0.1, -0.05) is 11.8 Å². The highest BCUT2D eigenvalue weighted by molar-refractivity contribution is 7.12. The Morgan fingerprint density at radius 1 is 1.43 bits per heavy atom. The Morgan fingerprint density at radius 2 is 2.24 bits per heavy atom. The summed E-state index contributed by atoms with van der Waals surface area (Å²) in [4.78, 5) is 12.8. The first-order chi connectivity index (χ1) is 10.1. The average molecular weight is 300 g/mol. The van der Waals surface area contributed by atoms with Crippen LogP contribution >= 0.6 is 11.3 Å². The number of nitrogens with two attached hydrogens (primary N) is 1. The van der Waals surface area contributed by atoms with Crippen molar-refractivity contribution in [3.05, 3.63) is 45.6 Å². The van der Waals surface area contributed by atoms with E-state index in [0.717, 1.165) is 11.1 Å². The quantitative estimate of drug-likeness (QED) is 0.856. The van der Waals surface area contributed by atoms with Gasteiger partial charge in [0.15, 0.2) is 0 Å². The third-order valence-electron chi connectivity index (χ3n) is 2.73. The number of carbonyl (C=O) groups is 1. The van der Waals surface area contributed by atoms with Crippen molar-refractivity contribution in [1.82, 2.24) is 0 Å². The zero-order chi connectivity index (χ0) is 15.2. The molecule has 0 bridgehead atoms. The van der Waals surface area contributed by atoms with E-state index in [1.165, 1.54) is 11.3 Å². The second-order valence-electron chi connectivity index (χ2n) is 4.37. The topological polar surface area (TPSA) is 64.3 Å².